The number of methoxy groups -OCH3 is 1. The summed E-state index contributed by atoms with van der Waals surface area (Å²) in [7, 11) is 1.37. The van der Waals surface area contributed by atoms with E-state index in [4.69, 9.17) is 4.74 Å². The van der Waals surface area contributed by atoms with Crippen LogP contribution in [0.4, 0.5) is 5.69 Å². The number of nitro benzene ring substituents is 1. The summed E-state index contributed by atoms with van der Waals surface area (Å²) in [5.74, 6) is -0.0354. The lowest BCUT2D eigenvalue weighted by Crippen LogP contribution is -2.42. The number of likely N-dealkylation sites (tertiary alicyclic amines) is 1. The van der Waals surface area contributed by atoms with Gasteiger partial charge in [-0.15, -0.1) is 0 Å². The largest absolute Gasteiger partial charge is 0.490 e. The predicted octanol–water partition coefficient (Wildman–Crippen LogP) is 3.74. The lowest BCUT2D eigenvalue weighted by atomic mass is 9.96. The molecule has 0 aromatic heterocycles. The summed E-state index contributed by atoms with van der Waals surface area (Å²) < 4.78 is 5.23. The van der Waals surface area contributed by atoms with Crippen LogP contribution in [0.15, 0.2) is 12.1 Å². The molecule has 0 N–H and O–H groups in total. The van der Waals surface area contributed by atoms with Crippen LogP contribution in [0.1, 0.15) is 61.9 Å². The van der Waals surface area contributed by atoms with Gasteiger partial charge in [0.2, 0.25) is 5.75 Å². The molecule has 0 bridgehead atoms. The summed E-state index contributed by atoms with van der Waals surface area (Å²) in [6, 6.07) is 3.38. The molecule has 1 fully saturated rings. The third-order valence-corrected chi connectivity index (χ3v) is 4.45. The molecule has 0 aliphatic carbocycles. The zero-order chi connectivity index (χ0) is 17.1. The van der Waals surface area contributed by atoms with Gasteiger partial charge in [0.1, 0.15) is 0 Å². The molecule has 1 aromatic rings. The number of hydrogen-bond acceptors (Lipinski definition) is 4. The average Bonchev–Trinajstić information content (AvgIpc) is 2.53. The van der Waals surface area contributed by atoms with Gasteiger partial charge >= 0.3 is 5.69 Å². The second-order valence-corrected chi connectivity index (χ2v) is 6.38. The number of nitro groups is 1. The average molecular weight is 320 g/mol. The molecule has 2 rings (SSSR count). The maximum absolute atomic E-state index is 13.0. The minimum atomic E-state index is -0.485. The van der Waals surface area contributed by atoms with Gasteiger partial charge in [-0.25, -0.2) is 0 Å². The van der Waals surface area contributed by atoms with Crippen molar-refractivity contribution in [2.24, 2.45) is 0 Å². The Morgan fingerprint density at radius 1 is 1.39 bits per heavy atom. The van der Waals surface area contributed by atoms with Crippen LogP contribution in [-0.4, -0.2) is 35.4 Å². The van der Waals surface area contributed by atoms with E-state index in [9.17, 15) is 14.9 Å². The predicted molar refractivity (Wildman–Crippen MR) is 88.1 cm³/mol. The Bertz CT molecular complexity index is 613. The fourth-order valence-electron chi connectivity index (χ4n) is 3.03. The van der Waals surface area contributed by atoms with E-state index in [1.807, 2.05) is 20.8 Å². The van der Waals surface area contributed by atoms with E-state index < -0.39 is 4.92 Å². The van der Waals surface area contributed by atoms with Gasteiger partial charge in [-0.1, -0.05) is 13.8 Å². The Labute approximate surface area is 136 Å². The second-order valence-electron chi connectivity index (χ2n) is 6.38. The minimum absolute atomic E-state index is 0.0576. The number of piperidine rings is 1. The molecule has 1 atom stereocenters. The number of carbonyl (C=O) groups excluding carboxylic acids is 1. The van der Waals surface area contributed by atoms with Gasteiger partial charge in [0, 0.05) is 18.7 Å². The summed E-state index contributed by atoms with van der Waals surface area (Å²) in [5, 5.41) is 11.4. The van der Waals surface area contributed by atoms with Crippen LogP contribution in [0.5, 0.6) is 5.75 Å². The maximum Gasteiger partial charge on any atom is 0.312 e. The van der Waals surface area contributed by atoms with E-state index in [0.29, 0.717) is 12.1 Å². The van der Waals surface area contributed by atoms with Crippen molar-refractivity contribution in [3.05, 3.63) is 33.4 Å². The highest BCUT2D eigenvalue weighted by Gasteiger charge is 2.31. The zero-order valence-electron chi connectivity index (χ0n) is 14.2. The van der Waals surface area contributed by atoms with E-state index in [-0.39, 0.29) is 29.3 Å². The van der Waals surface area contributed by atoms with Crippen LogP contribution in [0.2, 0.25) is 0 Å². The fourth-order valence-corrected chi connectivity index (χ4v) is 3.03. The highest BCUT2D eigenvalue weighted by Crippen LogP contribution is 2.36. The quantitative estimate of drug-likeness (QED) is 0.626. The van der Waals surface area contributed by atoms with Gasteiger partial charge < -0.3 is 9.64 Å². The first-order chi connectivity index (χ1) is 10.9. The molecule has 1 saturated heterocycles. The van der Waals surface area contributed by atoms with Gasteiger partial charge in [-0.3, -0.25) is 14.9 Å². The number of carbonyl (C=O) groups is 1. The van der Waals surface area contributed by atoms with Crippen molar-refractivity contribution >= 4 is 11.6 Å². The molecule has 0 saturated carbocycles. The van der Waals surface area contributed by atoms with Gasteiger partial charge in [0.05, 0.1) is 17.6 Å². The first-order valence-electron chi connectivity index (χ1n) is 8.04. The van der Waals surface area contributed by atoms with Crippen LogP contribution in [0, 0.1) is 10.1 Å². The molecule has 6 heteroatoms. The molecule has 6 nitrogen and oxygen atoms in total. The third-order valence-electron chi connectivity index (χ3n) is 4.45. The summed E-state index contributed by atoms with van der Waals surface area (Å²) >= 11 is 0. The standard InChI is InChI=1S/C17H24N2O4/c1-11(2)13-9-14(16(23-4)15(10-13)19(21)22)17(20)18-8-6-5-7-12(18)3/h9-12H,5-8H2,1-4H3/t12-/m1/s1. The molecule has 0 radical (unpaired) electrons. The molecule has 1 aliphatic heterocycles. The first-order valence-corrected chi connectivity index (χ1v) is 8.04. The molecule has 1 aromatic carbocycles. The van der Waals surface area contributed by atoms with Crippen molar-refractivity contribution in [1.82, 2.24) is 4.90 Å². The van der Waals surface area contributed by atoms with Crippen LogP contribution < -0.4 is 4.74 Å². The Morgan fingerprint density at radius 3 is 2.61 bits per heavy atom. The highest BCUT2D eigenvalue weighted by atomic mass is 16.6. The summed E-state index contributed by atoms with van der Waals surface area (Å²) in [5.41, 5.74) is 0.913. The number of rotatable bonds is 4. The van der Waals surface area contributed by atoms with Crippen LogP contribution in [0.3, 0.4) is 0 Å². The van der Waals surface area contributed by atoms with Gasteiger partial charge in [-0.2, -0.15) is 0 Å². The van der Waals surface area contributed by atoms with Crippen molar-refractivity contribution in [1.29, 1.82) is 0 Å². The third kappa shape index (κ3) is 3.46. The Kier molecular flexibility index (Phi) is 5.23. The molecule has 0 spiro atoms. The molecule has 1 aliphatic rings. The second kappa shape index (κ2) is 6.98. The van der Waals surface area contributed by atoms with E-state index in [2.05, 4.69) is 0 Å². The van der Waals surface area contributed by atoms with Crippen LogP contribution in [0.25, 0.3) is 0 Å². The zero-order valence-corrected chi connectivity index (χ0v) is 14.2. The maximum atomic E-state index is 13.0. The fraction of sp³-hybridized carbons (Fsp3) is 0.588. The molecule has 1 amide bonds. The van der Waals surface area contributed by atoms with E-state index in [0.717, 1.165) is 24.8 Å². The molecule has 23 heavy (non-hydrogen) atoms. The molecular formula is C17H24N2O4. The van der Waals surface area contributed by atoms with E-state index in [1.165, 1.54) is 13.2 Å². The number of benzene rings is 1. The Balaban J connectivity index is 2.54. The van der Waals surface area contributed by atoms with Crippen LogP contribution >= 0.6 is 0 Å². The topological polar surface area (TPSA) is 72.7 Å². The van der Waals surface area contributed by atoms with Gasteiger partial charge in [-0.05, 0) is 43.7 Å². The molecule has 126 valence electrons. The molecule has 0 unspecified atom stereocenters. The molecular weight excluding hydrogens is 296 g/mol. The summed E-state index contributed by atoms with van der Waals surface area (Å²) in [6.45, 7) is 6.60. The van der Waals surface area contributed by atoms with Crippen molar-refractivity contribution in [3.8, 4) is 5.75 Å². The minimum Gasteiger partial charge on any atom is -0.490 e. The van der Waals surface area contributed by atoms with Crippen LogP contribution in [-0.2, 0) is 0 Å². The lowest BCUT2D eigenvalue weighted by molar-refractivity contribution is -0.385. The number of amides is 1. The highest BCUT2D eigenvalue weighted by molar-refractivity contribution is 5.98. The first kappa shape index (κ1) is 17.2. The summed E-state index contributed by atoms with van der Waals surface area (Å²) in [6.07, 6.45) is 3.03. The van der Waals surface area contributed by atoms with Crippen molar-refractivity contribution < 1.29 is 14.5 Å². The number of ether oxygens (including phenoxy) is 1. The Hall–Kier alpha value is -2.11. The summed E-state index contributed by atoms with van der Waals surface area (Å²) in [4.78, 5) is 25.7. The SMILES string of the molecule is COc1c(C(=O)N2CCCC[C@H]2C)cc(C(C)C)cc1[N+](=O)[O-]. The van der Waals surface area contributed by atoms with Gasteiger partial charge in [0.15, 0.2) is 0 Å². The van der Waals surface area contributed by atoms with E-state index in [1.54, 1.807) is 11.0 Å². The van der Waals surface area contributed by atoms with Crippen molar-refractivity contribution in [2.45, 2.75) is 52.0 Å². The normalized spacial score (nSPS) is 18.1. The van der Waals surface area contributed by atoms with E-state index >= 15 is 0 Å². The molecule has 1 heterocycles. The lowest BCUT2D eigenvalue weighted by Gasteiger charge is -2.33. The van der Waals surface area contributed by atoms with Gasteiger partial charge in [0.25, 0.3) is 5.91 Å². The smallest absolute Gasteiger partial charge is 0.312 e. The number of hydrogen-bond donors (Lipinski definition) is 0. The van der Waals surface area contributed by atoms with Crippen molar-refractivity contribution in [3.63, 3.8) is 0 Å². The monoisotopic (exact) mass is 320 g/mol. The van der Waals surface area contributed by atoms with Crippen molar-refractivity contribution in [2.75, 3.05) is 13.7 Å². The Morgan fingerprint density at radius 2 is 2.09 bits per heavy atom. The number of nitrogens with zero attached hydrogens (tertiary/aromatic N) is 2.